The molecule has 2 rings (SSSR count). The normalized spacial score (nSPS) is 8.89. The van der Waals surface area contributed by atoms with Crippen LogP contribution in [0.3, 0.4) is 0 Å². The molecule has 0 aromatic heterocycles. The number of aromatic carboxylic acids is 1. The van der Waals surface area contributed by atoms with Crippen molar-refractivity contribution in [2.75, 3.05) is 0 Å². The summed E-state index contributed by atoms with van der Waals surface area (Å²) in [6.45, 7) is 3.56. The fraction of sp³-hybridized carbons (Fsp3) is 0.0625. The van der Waals surface area contributed by atoms with Gasteiger partial charge < -0.3 is 5.11 Å². The van der Waals surface area contributed by atoms with Gasteiger partial charge in [-0.3, -0.25) is 0 Å². The monoisotopic (exact) mass is 240 g/mol. The van der Waals surface area contributed by atoms with Crippen molar-refractivity contribution in [3.8, 4) is 0 Å². The van der Waals surface area contributed by atoms with Crippen molar-refractivity contribution < 1.29 is 9.90 Å². The minimum absolute atomic E-state index is 0.359. The molecule has 2 nitrogen and oxygen atoms in total. The van der Waals surface area contributed by atoms with Gasteiger partial charge in [0.1, 0.15) is 0 Å². The van der Waals surface area contributed by atoms with Crippen LogP contribution in [0.15, 0.2) is 73.3 Å². The average Bonchev–Trinajstić information content (AvgIpc) is 2.42. The van der Waals surface area contributed by atoms with E-state index < -0.39 is 5.97 Å². The van der Waals surface area contributed by atoms with Crippen molar-refractivity contribution >= 4 is 5.97 Å². The van der Waals surface area contributed by atoms with Crippen molar-refractivity contribution in [3.05, 3.63) is 84.4 Å². The molecule has 0 aliphatic carbocycles. The lowest BCUT2D eigenvalue weighted by Crippen LogP contribution is -2.00. The van der Waals surface area contributed by atoms with Crippen LogP contribution < -0.4 is 0 Å². The van der Waals surface area contributed by atoms with Gasteiger partial charge in [-0.25, -0.2) is 4.79 Å². The molecule has 0 spiro atoms. The molecule has 0 saturated carbocycles. The maximum absolute atomic E-state index is 10.7. The molecule has 0 bridgehead atoms. The molecule has 2 aromatic carbocycles. The number of carbonyl (C=O) groups is 1. The first-order valence-corrected chi connectivity index (χ1v) is 5.68. The lowest BCUT2D eigenvalue weighted by molar-refractivity contribution is 0.0696. The maximum atomic E-state index is 10.7. The summed E-state index contributed by atoms with van der Waals surface area (Å²) in [6, 6.07) is 18.9. The standard InChI is InChI=1S/C10H10O2.C6H6/c1-2-5-8-6-3-4-7-9(8)10(11)12;1-2-4-6-5-3-1/h2-4,6-7H,1,5H2,(H,11,12);1-6H. The van der Waals surface area contributed by atoms with Crippen LogP contribution in [0.4, 0.5) is 0 Å². The van der Waals surface area contributed by atoms with E-state index in [-0.39, 0.29) is 0 Å². The van der Waals surface area contributed by atoms with Crippen LogP contribution >= 0.6 is 0 Å². The Hall–Kier alpha value is -2.35. The third-order valence-corrected chi connectivity index (χ3v) is 2.28. The SMILES string of the molecule is C=CCc1ccccc1C(=O)O.c1ccccc1. The summed E-state index contributed by atoms with van der Waals surface area (Å²) in [6.07, 6.45) is 2.30. The number of rotatable bonds is 3. The zero-order chi connectivity index (χ0) is 13.2. The Bertz CT molecular complexity index is 463. The minimum atomic E-state index is -0.882. The molecule has 0 aliphatic rings. The highest BCUT2D eigenvalue weighted by molar-refractivity contribution is 5.89. The molecule has 0 amide bonds. The highest BCUT2D eigenvalue weighted by Gasteiger charge is 2.06. The second-order valence-electron chi connectivity index (χ2n) is 3.61. The number of carboxylic acid groups (broad SMARTS) is 1. The number of benzene rings is 2. The highest BCUT2D eigenvalue weighted by Crippen LogP contribution is 2.09. The van der Waals surface area contributed by atoms with Crippen LogP contribution in [-0.2, 0) is 6.42 Å². The summed E-state index contributed by atoms with van der Waals surface area (Å²) in [5, 5.41) is 8.76. The second kappa shape index (κ2) is 7.85. The lowest BCUT2D eigenvalue weighted by atomic mass is 10.1. The smallest absolute Gasteiger partial charge is 0.335 e. The zero-order valence-corrected chi connectivity index (χ0v) is 10.1. The van der Waals surface area contributed by atoms with E-state index in [1.807, 2.05) is 42.5 Å². The zero-order valence-electron chi connectivity index (χ0n) is 10.1. The first-order chi connectivity index (χ1) is 8.75. The van der Waals surface area contributed by atoms with E-state index in [1.165, 1.54) is 0 Å². The Kier molecular flexibility index (Phi) is 5.98. The number of carboxylic acids is 1. The van der Waals surface area contributed by atoms with Gasteiger partial charge in [-0.05, 0) is 18.1 Å². The molecule has 1 N–H and O–H groups in total. The Labute approximate surface area is 107 Å². The number of allylic oxidation sites excluding steroid dienone is 1. The minimum Gasteiger partial charge on any atom is -0.478 e. The van der Waals surface area contributed by atoms with Crippen molar-refractivity contribution in [2.24, 2.45) is 0 Å². The van der Waals surface area contributed by atoms with E-state index >= 15 is 0 Å². The first-order valence-electron chi connectivity index (χ1n) is 5.68. The van der Waals surface area contributed by atoms with E-state index in [2.05, 4.69) is 6.58 Å². The van der Waals surface area contributed by atoms with Gasteiger partial charge in [0.15, 0.2) is 0 Å². The molecule has 18 heavy (non-hydrogen) atoms. The van der Waals surface area contributed by atoms with Crippen LogP contribution in [0.5, 0.6) is 0 Å². The predicted octanol–water partition coefficient (Wildman–Crippen LogP) is 3.80. The predicted molar refractivity (Wildman–Crippen MR) is 73.7 cm³/mol. The summed E-state index contributed by atoms with van der Waals surface area (Å²) < 4.78 is 0. The van der Waals surface area contributed by atoms with Gasteiger partial charge in [-0.1, -0.05) is 60.7 Å². The number of hydrogen-bond acceptors (Lipinski definition) is 1. The average molecular weight is 240 g/mol. The van der Waals surface area contributed by atoms with E-state index in [1.54, 1.807) is 24.3 Å². The topological polar surface area (TPSA) is 37.3 Å². The van der Waals surface area contributed by atoms with Gasteiger partial charge in [0.2, 0.25) is 0 Å². The van der Waals surface area contributed by atoms with Gasteiger partial charge in [-0.2, -0.15) is 0 Å². The van der Waals surface area contributed by atoms with Crippen LogP contribution in [0, 0.1) is 0 Å². The Morgan fingerprint density at radius 1 is 1.00 bits per heavy atom. The maximum Gasteiger partial charge on any atom is 0.335 e. The molecular weight excluding hydrogens is 224 g/mol. The third kappa shape index (κ3) is 4.66. The molecule has 0 radical (unpaired) electrons. The van der Waals surface area contributed by atoms with E-state index in [0.717, 1.165) is 5.56 Å². The summed E-state index contributed by atoms with van der Waals surface area (Å²) in [5.41, 5.74) is 1.16. The Morgan fingerprint density at radius 3 is 1.94 bits per heavy atom. The molecule has 2 heteroatoms. The van der Waals surface area contributed by atoms with Gasteiger partial charge in [-0.15, -0.1) is 6.58 Å². The summed E-state index contributed by atoms with van der Waals surface area (Å²) in [7, 11) is 0. The van der Waals surface area contributed by atoms with Crippen molar-refractivity contribution in [3.63, 3.8) is 0 Å². The second-order valence-corrected chi connectivity index (χ2v) is 3.61. The molecule has 0 fully saturated rings. The van der Waals surface area contributed by atoms with Crippen molar-refractivity contribution in [1.29, 1.82) is 0 Å². The van der Waals surface area contributed by atoms with Crippen LogP contribution in [0.2, 0.25) is 0 Å². The van der Waals surface area contributed by atoms with Crippen LogP contribution in [-0.4, -0.2) is 11.1 Å². The summed E-state index contributed by atoms with van der Waals surface area (Å²) in [4.78, 5) is 10.7. The van der Waals surface area contributed by atoms with Gasteiger partial charge in [0.25, 0.3) is 0 Å². The Balaban J connectivity index is 0.000000225. The van der Waals surface area contributed by atoms with Crippen LogP contribution in [0.1, 0.15) is 15.9 Å². The first kappa shape index (κ1) is 13.7. The highest BCUT2D eigenvalue weighted by atomic mass is 16.4. The van der Waals surface area contributed by atoms with E-state index in [9.17, 15) is 4.79 Å². The van der Waals surface area contributed by atoms with Crippen molar-refractivity contribution in [2.45, 2.75) is 6.42 Å². The Morgan fingerprint density at radius 2 is 1.50 bits per heavy atom. The largest absolute Gasteiger partial charge is 0.478 e. The van der Waals surface area contributed by atoms with E-state index in [0.29, 0.717) is 12.0 Å². The summed E-state index contributed by atoms with van der Waals surface area (Å²) >= 11 is 0. The third-order valence-electron chi connectivity index (χ3n) is 2.28. The van der Waals surface area contributed by atoms with Crippen molar-refractivity contribution in [1.82, 2.24) is 0 Å². The quantitative estimate of drug-likeness (QED) is 0.828. The molecule has 0 aliphatic heterocycles. The molecule has 0 unspecified atom stereocenters. The number of hydrogen-bond donors (Lipinski definition) is 1. The van der Waals surface area contributed by atoms with Crippen LogP contribution in [0.25, 0.3) is 0 Å². The fourth-order valence-electron chi connectivity index (χ4n) is 1.45. The lowest BCUT2D eigenvalue weighted by Gasteiger charge is -2.00. The molecule has 92 valence electrons. The molecule has 0 atom stereocenters. The molecule has 0 saturated heterocycles. The van der Waals surface area contributed by atoms with Gasteiger partial charge >= 0.3 is 5.97 Å². The summed E-state index contributed by atoms with van der Waals surface area (Å²) in [5.74, 6) is -0.882. The molecular formula is C16H16O2. The van der Waals surface area contributed by atoms with Gasteiger partial charge in [0, 0.05) is 0 Å². The molecule has 0 heterocycles. The fourth-order valence-corrected chi connectivity index (χ4v) is 1.45. The molecule has 2 aromatic rings. The van der Waals surface area contributed by atoms with E-state index in [4.69, 9.17) is 5.11 Å². The van der Waals surface area contributed by atoms with Gasteiger partial charge in [0.05, 0.1) is 5.56 Å².